The lowest BCUT2D eigenvalue weighted by molar-refractivity contribution is 0.642. The molecule has 3 heteroatoms. The molecule has 0 saturated heterocycles. The predicted molar refractivity (Wildman–Crippen MR) is 41.8 cm³/mol. The zero-order chi connectivity index (χ0) is 7.28. The largest absolute Gasteiger partial charge is 0.369 e. The van der Waals surface area contributed by atoms with Gasteiger partial charge in [-0.1, -0.05) is 17.7 Å². The highest BCUT2D eigenvalue weighted by Crippen LogP contribution is 1.99. The molecule has 0 aromatic heterocycles. The van der Waals surface area contributed by atoms with Crippen molar-refractivity contribution in [2.75, 3.05) is 14.1 Å². The van der Waals surface area contributed by atoms with Crippen molar-refractivity contribution in [3.05, 3.63) is 11.2 Å². The molecule has 0 aliphatic carbocycles. The first kappa shape index (κ1) is 8.50. The van der Waals surface area contributed by atoms with Crippen molar-refractivity contribution in [2.24, 2.45) is 4.99 Å². The average molecular weight is 147 g/mol. The van der Waals surface area contributed by atoms with E-state index in [1.54, 1.807) is 12.4 Å². The van der Waals surface area contributed by atoms with E-state index in [4.69, 9.17) is 11.6 Å². The second-order valence-electron chi connectivity index (χ2n) is 1.82. The van der Waals surface area contributed by atoms with Crippen molar-refractivity contribution >= 4 is 17.9 Å². The molecule has 0 saturated carbocycles. The number of hydrogen-bond donors (Lipinski definition) is 0. The normalized spacial score (nSPS) is 12.7. The fraction of sp³-hybridized carbons (Fsp3) is 0.500. The third-order valence-electron chi connectivity index (χ3n) is 0.650. The predicted octanol–water partition coefficient (Wildman–Crippen LogP) is 1.68. The van der Waals surface area contributed by atoms with Crippen molar-refractivity contribution in [2.45, 2.75) is 6.92 Å². The Morgan fingerprint density at radius 1 is 1.56 bits per heavy atom. The molecule has 0 aliphatic heterocycles. The van der Waals surface area contributed by atoms with Gasteiger partial charge in [0.15, 0.2) is 0 Å². The van der Waals surface area contributed by atoms with Crippen LogP contribution in [0, 0.1) is 0 Å². The Hall–Kier alpha value is -0.500. The Labute approximate surface area is 60.8 Å². The van der Waals surface area contributed by atoms with Gasteiger partial charge in [-0.05, 0) is 6.92 Å². The van der Waals surface area contributed by atoms with E-state index >= 15 is 0 Å². The molecule has 0 amide bonds. The summed E-state index contributed by atoms with van der Waals surface area (Å²) in [4.78, 5) is 5.69. The smallest absolute Gasteiger partial charge is 0.126 e. The molecule has 0 N–H and O–H groups in total. The minimum Gasteiger partial charge on any atom is -0.369 e. The van der Waals surface area contributed by atoms with Crippen LogP contribution >= 0.6 is 11.6 Å². The van der Waals surface area contributed by atoms with Crippen LogP contribution < -0.4 is 0 Å². The molecule has 0 rings (SSSR count). The van der Waals surface area contributed by atoms with E-state index in [1.807, 2.05) is 25.9 Å². The number of hydrogen-bond acceptors (Lipinski definition) is 1. The van der Waals surface area contributed by atoms with Crippen LogP contribution in [0.5, 0.6) is 0 Å². The van der Waals surface area contributed by atoms with Gasteiger partial charge in [0.2, 0.25) is 0 Å². The lowest BCUT2D eigenvalue weighted by Crippen LogP contribution is -2.07. The summed E-state index contributed by atoms with van der Waals surface area (Å²) in [6, 6.07) is 0. The molecule has 0 aromatic carbocycles. The first-order valence-electron chi connectivity index (χ1n) is 2.69. The maximum atomic E-state index is 5.55. The quantitative estimate of drug-likeness (QED) is 0.329. The third kappa shape index (κ3) is 5.37. The number of nitrogens with zero attached hydrogens (tertiary/aromatic N) is 2. The van der Waals surface area contributed by atoms with Crippen molar-refractivity contribution in [3.63, 3.8) is 0 Å². The van der Waals surface area contributed by atoms with E-state index in [2.05, 4.69) is 4.99 Å². The zero-order valence-corrected chi connectivity index (χ0v) is 6.68. The van der Waals surface area contributed by atoms with Crippen LogP contribution in [0.25, 0.3) is 0 Å². The van der Waals surface area contributed by atoms with Gasteiger partial charge in [0.25, 0.3) is 0 Å². The molecule has 2 nitrogen and oxygen atoms in total. The van der Waals surface area contributed by atoms with Crippen LogP contribution in [0.15, 0.2) is 16.2 Å². The summed E-state index contributed by atoms with van der Waals surface area (Å²) in [5.74, 6) is 0. The Bertz CT molecular complexity index is 127. The molecule has 0 fully saturated rings. The Kier molecular flexibility index (Phi) is 4.14. The topological polar surface area (TPSA) is 15.6 Å². The highest BCUT2D eigenvalue weighted by atomic mass is 35.5. The molecule has 0 radical (unpaired) electrons. The molecule has 0 aromatic rings. The Morgan fingerprint density at radius 3 is 2.44 bits per heavy atom. The van der Waals surface area contributed by atoms with Crippen LogP contribution in [-0.2, 0) is 0 Å². The number of aliphatic imine (C=N–C) groups is 1. The van der Waals surface area contributed by atoms with Crippen LogP contribution in [0.3, 0.4) is 0 Å². The fourth-order valence-electron chi connectivity index (χ4n) is 0.245. The van der Waals surface area contributed by atoms with E-state index in [-0.39, 0.29) is 0 Å². The lowest BCUT2D eigenvalue weighted by atomic mass is 10.7. The maximum Gasteiger partial charge on any atom is 0.126 e. The SMILES string of the molecule is C/C=C(\Cl)N=CN(C)C. The number of halogens is 1. The van der Waals surface area contributed by atoms with Crippen molar-refractivity contribution in [3.8, 4) is 0 Å². The molecule has 0 unspecified atom stereocenters. The summed E-state index contributed by atoms with van der Waals surface area (Å²) in [6.07, 6.45) is 3.39. The second-order valence-corrected chi connectivity index (χ2v) is 2.21. The molecule has 9 heavy (non-hydrogen) atoms. The summed E-state index contributed by atoms with van der Waals surface area (Å²) < 4.78 is 0. The van der Waals surface area contributed by atoms with Crippen LogP contribution in [0.4, 0.5) is 0 Å². The first-order chi connectivity index (χ1) is 4.16. The molecule has 0 heterocycles. The fourth-order valence-corrected chi connectivity index (χ4v) is 0.289. The standard InChI is InChI=1S/C6H11ClN2/c1-4-6(7)8-5-9(2)3/h4-5H,1-3H3/b6-4+,8-5?. The van der Waals surface area contributed by atoms with Crippen molar-refractivity contribution in [1.29, 1.82) is 0 Å². The maximum absolute atomic E-state index is 5.55. The average Bonchev–Trinajstić information content (AvgIpc) is 1.83. The highest BCUT2D eigenvalue weighted by Gasteiger charge is 1.80. The lowest BCUT2D eigenvalue weighted by Gasteiger charge is -2.00. The second kappa shape index (κ2) is 4.39. The van der Waals surface area contributed by atoms with Gasteiger partial charge < -0.3 is 4.90 Å². The van der Waals surface area contributed by atoms with Crippen LogP contribution in [0.1, 0.15) is 6.92 Å². The van der Waals surface area contributed by atoms with Crippen LogP contribution in [-0.4, -0.2) is 25.3 Å². The van der Waals surface area contributed by atoms with Crippen LogP contribution in [0.2, 0.25) is 0 Å². The van der Waals surface area contributed by atoms with E-state index < -0.39 is 0 Å². The van der Waals surface area contributed by atoms with Gasteiger partial charge >= 0.3 is 0 Å². The molecule has 0 spiro atoms. The van der Waals surface area contributed by atoms with Crippen molar-refractivity contribution < 1.29 is 0 Å². The third-order valence-corrected chi connectivity index (χ3v) is 0.966. The molecular weight excluding hydrogens is 136 g/mol. The van der Waals surface area contributed by atoms with Gasteiger partial charge in [-0.2, -0.15) is 0 Å². The number of rotatable bonds is 2. The van der Waals surface area contributed by atoms with E-state index in [1.165, 1.54) is 0 Å². The van der Waals surface area contributed by atoms with Gasteiger partial charge in [0.1, 0.15) is 5.16 Å². The van der Waals surface area contributed by atoms with Gasteiger partial charge in [-0.15, -0.1) is 0 Å². The van der Waals surface area contributed by atoms with E-state index in [9.17, 15) is 0 Å². The van der Waals surface area contributed by atoms with Gasteiger partial charge in [-0.25, -0.2) is 4.99 Å². The molecule has 0 atom stereocenters. The summed E-state index contributed by atoms with van der Waals surface area (Å²) in [5.41, 5.74) is 0. The van der Waals surface area contributed by atoms with E-state index in [0.717, 1.165) is 0 Å². The van der Waals surface area contributed by atoms with Gasteiger partial charge in [0, 0.05) is 14.1 Å². The minimum absolute atomic E-state index is 0.517. The Balaban J connectivity index is 3.71. The molecular formula is C6H11ClN2. The highest BCUT2D eigenvalue weighted by molar-refractivity contribution is 6.29. The van der Waals surface area contributed by atoms with E-state index in [0.29, 0.717) is 5.16 Å². The molecule has 0 bridgehead atoms. The zero-order valence-electron chi connectivity index (χ0n) is 5.93. The minimum atomic E-state index is 0.517. The summed E-state index contributed by atoms with van der Waals surface area (Å²) in [5, 5.41) is 0.517. The number of allylic oxidation sites excluding steroid dienone is 1. The monoisotopic (exact) mass is 146 g/mol. The summed E-state index contributed by atoms with van der Waals surface area (Å²) >= 11 is 5.55. The first-order valence-corrected chi connectivity index (χ1v) is 3.07. The summed E-state index contributed by atoms with van der Waals surface area (Å²) in [7, 11) is 3.78. The Morgan fingerprint density at radius 2 is 2.11 bits per heavy atom. The summed E-state index contributed by atoms with van der Waals surface area (Å²) in [6.45, 7) is 1.84. The van der Waals surface area contributed by atoms with Gasteiger partial charge in [-0.3, -0.25) is 0 Å². The molecule has 52 valence electrons. The van der Waals surface area contributed by atoms with Gasteiger partial charge in [0.05, 0.1) is 6.34 Å². The van der Waals surface area contributed by atoms with Crippen molar-refractivity contribution in [1.82, 2.24) is 4.90 Å². The molecule has 0 aliphatic rings.